The van der Waals surface area contributed by atoms with Crippen LogP contribution in [-0.2, 0) is 6.54 Å². The maximum Gasteiger partial charge on any atom is 0.133 e. The van der Waals surface area contributed by atoms with Crippen molar-refractivity contribution in [3.8, 4) is 5.75 Å². The standard InChI is InChI=1S/C24H24N2O2/c1-18-10-11-19(2)23(17-18)28-16-6-14-26-22-9-4-3-8-21(22)25-24(26)13-12-20-7-5-15-27-20/h3-5,7-13,15,17H,6,14,16H2,1-2H3/b13-12+. The van der Waals surface area contributed by atoms with Gasteiger partial charge in [0.05, 0.1) is 23.9 Å². The Hall–Kier alpha value is -3.27. The lowest BCUT2D eigenvalue weighted by atomic mass is 10.1. The molecule has 0 bridgehead atoms. The van der Waals surface area contributed by atoms with Crippen LogP contribution in [0.1, 0.15) is 29.1 Å². The molecule has 4 nitrogen and oxygen atoms in total. The van der Waals surface area contributed by atoms with Crippen LogP contribution in [0.5, 0.6) is 5.75 Å². The van der Waals surface area contributed by atoms with Crippen molar-refractivity contribution in [2.24, 2.45) is 0 Å². The average molecular weight is 372 g/mol. The summed E-state index contributed by atoms with van der Waals surface area (Å²) in [5, 5.41) is 0. The molecule has 0 N–H and O–H groups in total. The molecule has 2 aromatic carbocycles. The van der Waals surface area contributed by atoms with Gasteiger partial charge in [-0.1, -0.05) is 24.3 Å². The van der Waals surface area contributed by atoms with Crippen LogP contribution < -0.4 is 4.74 Å². The monoisotopic (exact) mass is 372 g/mol. The molecule has 0 saturated heterocycles. The predicted molar refractivity (Wildman–Crippen MR) is 113 cm³/mol. The average Bonchev–Trinajstić information content (AvgIpc) is 3.34. The molecule has 2 aromatic heterocycles. The summed E-state index contributed by atoms with van der Waals surface area (Å²) in [5.74, 6) is 2.70. The van der Waals surface area contributed by atoms with Gasteiger partial charge in [-0.3, -0.25) is 0 Å². The van der Waals surface area contributed by atoms with E-state index >= 15 is 0 Å². The Morgan fingerprint density at radius 3 is 2.79 bits per heavy atom. The largest absolute Gasteiger partial charge is 0.493 e. The highest BCUT2D eigenvalue weighted by Crippen LogP contribution is 2.21. The highest BCUT2D eigenvalue weighted by Gasteiger charge is 2.08. The summed E-state index contributed by atoms with van der Waals surface area (Å²) in [6.45, 7) is 5.67. The number of nitrogens with zero attached hydrogens (tertiary/aromatic N) is 2. The second-order valence-electron chi connectivity index (χ2n) is 6.93. The first-order chi connectivity index (χ1) is 13.7. The van der Waals surface area contributed by atoms with E-state index in [1.807, 2.05) is 42.5 Å². The minimum Gasteiger partial charge on any atom is -0.493 e. The van der Waals surface area contributed by atoms with E-state index in [-0.39, 0.29) is 0 Å². The number of benzene rings is 2. The molecule has 0 atom stereocenters. The normalized spacial score (nSPS) is 11.5. The number of ether oxygens (including phenoxy) is 1. The molecule has 0 spiro atoms. The number of hydrogen-bond donors (Lipinski definition) is 0. The van der Waals surface area contributed by atoms with Gasteiger partial charge < -0.3 is 13.7 Å². The minimum atomic E-state index is 0.665. The molecule has 0 fully saturated rings. The van der Waals surface area contributed by atoms with E-state index in [0.717, 1.165) is 41.3 Å². The third-order valence-corrected chi connectivity index (χ3v) is 4.75. The Bertz CT molecular complexity index is 1090. The summed E-state index contributed by atoms with van der Waals surface area (Å²) in [6, 6.07) is 18.3. The molecular weight excluding hydrogens is 348 g/mol. The van der Waals surface area contributed by atoms with Gasteiger partial charge in [0.15, 0.2) is 0 Å². The van der Waals surface area contributed by atoms with Gasteiger partial charge in [0.2, 0.25) is 0 Å². The van der Waals surface area contributed by atoms with E-state index in [1.165, 1.54) is 11.1 Å². The van der Waals surface area contributed by atoms with E-state index in [4.69, 9.17) is 14.1 Å². The summed E-state index contributed by atoms with van der Waals surface area (Å²) in [6.07, 6.45) is 6.53. The van der Waals surface area contributed by atoms with E-state index in [9.17, 15) is 0 Å². The number of aryl methyl sites for hydroxylation is 3. The van der Waals surface area contributed by atoms with Crippen LogP contribution in [0.15, 0.2) is 65.3 Å². The van der Waals surface area contributed by atoms with Gasteiger partial charge in [0, 0.05) is 6.54 Å². The lowest BCUT2D eigenvalue weighted by Crippen LogP contribution is -2.06. The molecule has 0 saturated carbocycles. The third kappa shape index (κ3) is 4.01. The quantitative estimate of drug-likeness (QED) is 0.380. The number of hydrogen-bond acceptors (Lipinski definition) is 3. The summed E-state index contributed by atoms with van der Waals surface area (Å²) in [7, 11) is 0. The molecule has 0 aliphatic heterocycles. The smallest absolute Gasteiger partial charge is 0.133 e. The van der Waals surface area contributed by atoms with E-state index in [0.29, 0.717) is 6.61 Å². The van der Waals surface area contributed by atoms with E-state index in [1.54, 1.807) is 6.26 Å². The fourth-order valence-corrected chi connectivity index (χ4v) is 3.27. The molecule has 142 valence electrons. The van der Waals surface area contributed by atoms with Crippen molar-refractivity contribution in [2.75, 3.05) is 6.61 Å². The molecule has 2 heterocycles. The van der Waals surface area contributed by atoms with Crippen molar-refractivity contribution < 1.29 is 9.15 Å². The van der Waals surface area contributed by atoms with Crippen LogP contribution in [0.25, 0.3) is 23.2 Å². The van der Waals surface area contributed by atoms with Crippen LogP contribution in [0.4, 0.5) is 0 Å². The zero-order chi connectivity index (χ0) is 19.3. The minimum absolute atomic E-state index is 0.665. The molecule has 0 unspecified atom stereocenters. The number of furan rings is 1. The van der Waals surface area contributed by atoms with Crippen molar-refractivity contribution in [1.29, 1.82) is 0 Å². The van der Waals surface area contributed by atoms with Crippen LogP contribution in [0, 0.1) is 13.8 Å². The van der Waals surface area contributed by atoms with Crippen molar-refractivity contribution in [3.63, 3.8) is 0 Å². The van der Waals surface area contributed by atoms with Crippen molar-refractivity contribution in [2.45, 2.75) is 26.8 Å². The Kier molecular flexibility index (Phi) is 5.29. The second kappa shape index (κ2) is 8.17. The molecular formula is C24H24N2O2. The van der Waals surface area contributed by atoms with Crippen LogP contribution >= 0.6 is 0 Å². The number of rotatable bonds is 7. The topological polar surface area (TPSA) is 40.2 Å². The van der Waals surface area contributed by atoms with Crippen molar-refractivity contribution in [3.05, 3.63) is 83.6 Å². The van der Waals surface area contributed by atoms with Gasteiger partial charge in [-0.25, -0.2) is 4.98 Å². The van der Waals surface area contributed by atoms with Gasteiger partial charge in [0.25, 0.3) is 0 Å². The van der Waals surface area contributed by atoms with Gasteiger partial charge in [0.1, 0.15) is 17.3 Å². The van der Waals surface area contributed by atoms with Gasteiger partial charge in [-0.05, 0) is 73.9 Å². The molecule has 4 aromatic rings. The molecule has 0 aliphatic carbocycles. The highest BCUT2D eigenvalue weighted by atomic mass is 16.5. The Balaban J connectivity index is 1.49. The highest BCUT2D eigenvalue weighted by molar-refractivity contribution is 5.79. The number of fused-ring (bicyclic) bond motifs is 1. The van der Waals surface area contributed by atoms with Crippen molar-refractivity contribution >= 4 is 23.2 Å². The van der Waals surface area contributed by atoms with Crippen LogP contribution in [0.2, 0.25) is 0 Å². The maximum atomic E-state index is 6.02. The molecule has 0 aliphatic rings. The van der Waals surface area contributed by atoms with Crippen LogP contribution in [0.3, 0.4) is 0 Å². The first-order valence-corrected chi connectivity index (χ1v) is 9.57. The maximum absolute atomic E-state index is 6.02. The summed E-state index contributed by atoms with van der Waals surface area (Å²) >= 11 is 0. The molecule has 4 heteroatoms. The first-order valence-electron chi connectivity index (χ1n) is 9.57. The van der Waals surface area contributed by atoms with Gasteiger partial charge in [-0.15, -0.1) is 0 Å². The van der Waals surface area contributed by atoms with E-state index < -0.39 is 0 Å². The van der Waals surface area contributed by atoms with Crippen LogP contribution in [-0.4, -0.2) is 16.2 Å². The lowest BCUT2D eigenvalue weighted by molar-refractivity contribution is 0.300. The Morgan fingerprint density at radius 2 is 1.93 bits per heavy atom. The molecule has 0 amide bonds. The first kappa shape index (κ1) is 18.1. The summed E-state index contributed by atoms with van der Waals surface area (Å²) in [4.78, 5) is 4.77. The lowest BCUT2D eigenvalue weighted by Gasteiger charge is -2.11. The molecule has 4 rings (SSSR count). The molecule has 0 radical (unpaired) electrons. The number of para-hydroxylation sites is 2. The number of imidazole rings is 1. The second-order valence-corrected chi connectivity index (χ2v) is 6.93. The fraction of sp³-hybridized carbons (Fsp3) is 0.208. The SMILES string of the molecule is Cc1ccc(C)c(OCCCn2c(/C=C/c3ccco3)nc3ccccc32)c1. The Morgan fingerprint density at radius 1 is 1.04 bits per heavy atom. The fourth-order valence-electron chi connectivity index (χ4n) is 3.27. The molecule has 28 heavy (non-hydrogen) atoms. The summed E-state index contributed by atoms with van der Waals surface area (Å²) < 4.78 is 13.7. The van der Waals surface area contributed by atoms with Gasteiger partial charge in [-0.2, -0.15) is 0 Å². The van der Waals surface area contributed by atoms with E-state index in [2.05, 4.69) is 42.7 Å². The zero-order valence-electron chi connectivity index (χ0n) is 16.3. The Labute approximate surface area is 165 Å². The summed E-state index contributed by atoms with van der Waals surface area (Å²) in [5.41, 5.74) is 4.51. The van der Waals surface area contributed by atoms with Gasteiger partial charge >= 0.3 is 0 Å². The van der Waals surface area contributed by atoms with Crippen molar-refractivity contribution in [1.82, 2.24) is 9.55 Å². The number of aromatic nitrogens is 2. The third-order valence-electron chi connectivity index (χ3n) is 4.75. The zero-order valence-corrected chi connectivity index (χ0v) is 16.3. The predicted octanol–water partition coefficient (Wildman–Crippen LogP) is 5.89.